The van der Waals surface area contributed by atoms with E-state index >= 15 is 0 Å². The minimum absolute atomic E-state index is 0.268. The van der Waals surface area contributed by atoms with Crippen LogP contribution >= 0.6 is 23.1 Å². The van der Waals surface area contributed by atoms with E-state index in [9.17, 15) is 9.59 Å². The summed E-state index contributed by atoms with van der Waals surface area (Å²) in [4.78, 5) is 34.9. The molecule has 0 radical (unpaired) electrons. The number of esters is 1. The number of urea groups is 1. The molecule has 0 saturated heterocycles. The monoisotopic (exact) mass is 440 g/mol. The maximum atomic E-state index is 12.5. The van der Waals surface area contributed by atoms with E-state index < -0.39 is 12.0 Å². The zero-order chi connectivity index (χ0) is 21.1. The lowest BCUT2D eigenvalue weighted by Gasteiger charge is -2.26. The first-order valence-electron chi connectivity index (χ1n) is 9.48. The number of rotatable bonds is 6. The van der Waals surface area contributed by atoms with Crippen LogP contribution in [0.15, 0.2) is 58.1 Å². The standard InChI is InChI=1S/C21H20N4O3S2/c1-3-28-20(26)17-12(2)22-21(27)24-15(17)11-30-19-13-7-4-5-8-14(13)23-18(25-19)16-9-6-10-29-16/h4-10,12H,3,11H2,1-2H3,(H2,22,24,27)/t12-/m1/s1. The van der Waals surface area contributed by atoms with Crippen molar-refractivity contribution in [3.05, 3.63) is 53.0 Å². The molecular formula is C21H20N4O3S2. The number of nitrogens with one attached hydrogen (secondary N) is 2. The number of aromatic nitrogens is 2. The summed E-state index contributed by atoms with van der Waals surface area (Å²) in [5.74, 6) is 0.602. The molecule has 3 heterocycles. The smallest absolute Gasteiger partial charge is 0.337 e. The number of carbonyl (C=O) groups is 2. The molecule has 1 atom stereocenters. The summed E-state index contributed by atoms with van der Waals surface area (Å²) in [7, 11) is 0. The molecule has 30 heavy (non-hydrogen) atoms. The first-order valence-corrected chi connectivity index (χ1v) is 11.3. The average Bonchev–Trinajstić information content (AvgIpc) is 3.26. The van der Waals surface area contributed by atoms with E-state index in [1.54, 1.807) is 25.2 Å². The molecule has 0 spiro atoms. The van der Waals surface area contributed by atoms with Crippen LogP contribution in [-0.2, 0) is 9.53 Å². The maximum absolute atomic E-state index is 12.5. The lowest BCUT2D eigenvalue weighted by atomic mass is 10.1. The van der Waals surface area contributed by atoms with Crippen molar-refractivity contribution in [2.45, 2.75) is 24.9 Å². The average molecular weight is 441 g/mol. The highest BCUT2D eigenvalue weighted by atomic mass is 32.2. The van der Waals surface area contributed by atoms with E-state index in [1.807, 2.05) is 41.8 Å². The number of amides is 2. The van der Waals surface area contributed by atoms with Crippen molar-refractivity contribution in [2.24, 2.45) is 0 Å². The molecule has 1 aliphatic rings. The molecule has 0 bridgehead atoms. The van der Waals surface area contributed by atoms with Crippen LogP contribution in [0.5, 0.6) is 0 Å². The van der Waals surface area contributed by atoms with Crippen molar-refractivity contribution >= 4 is 46.0 Å². The third-order valence-electron chi connectivity index (χ3n) is 4.53. The molecule has 1 aliphatic heterocycles. The molecule has 2 aromatic heterocycles. The molecule has 0 fully saturated rings. The fourth-order valence-electron chi connectivity index (χ4n) is 3.21. The Morgan fingerprint density at radius 1 is 1.23 bits per heavy atom. The molecule has 9 heteroatoms. The van der Waals surface area contributed by atoms with E-state index in [2.05, 4.69) is 15.6 Å². The third-order valence-corrected chi connectivity index (χ3v) is 6.41. The van der Waals surface area contributed by atoms with Crippen LogP contribution in [0.4, 0.5) is 4.79 Å². The van der Waals surface area contributed by atoms with Crippen LogP contribution in [0, 0.1) is 0 Å². The van der Waals surface area contributed by atoms with Crippen LogP contribution in [0.25, 0.3) is 21.6 Å². The number of hydrogen-bond acceptors (Lipinski definition) is 7. The van der Waals surface area contributed by atoms with Gasteiger partial charge in [-0.2, -0.15) is 0 Å². The van der Waals surface area contributed by atoms with Gasteiger partial charge >= 0.3 is 12.0 Å². The van der Waals surface area contributed by atoms with Gasteiger partial charge in [0.05, 0.1) is 28.6 Å². The van der Waals surface area contributed by atoms with Crippen LogP contribution < -0.4 is 10.6 Å². The largest absolute Gasteiger partial charge is 0.463 e. The number of carbonyl (C=O) groups excluding carboxylic acids is 2. The SMILES string of the molecule is CCOC(=O)C1=C(CSc2nc(-c3cccs3)nc3ccccc23)NC(=O)N[C@@H]1C. The quantitative estimate of drug-likeness (QED) is 0.342. The van der Waals surface area contributed by atoms with E-state index in [0.29, 0.717) is 22.8 Å². The Labute approximate surface area is 181 Å². The highest BCUT2D eigenvalue weighted by molar-refractivity contribution is 7.99. The van der Waals surface area contributed by atoms with Crippen LogP contribution in [0.3, 0.4) is 0 Å². The normalized spacial score (nSPS) is 16.3. The molecule has 0 saturated carbocycles. The Bertz CT molecular complexity index is 1130. The first-order chi connectivity index (χ1) is 14.6. The van der Waals surface area contributed by atoms with Gasteiger partial charge in [0.25, 0.3) is 0 Å². The molecule has 2 N–H and O–H groups in total. The Morgan fingerprint density at radius 2 is 2.07 bits per heavy atom. The Balaban J connectivity index is 1.70. The fraction of sp³-hybridized carbons (Fsp3) is 0.238. The molecular weight excluding hydrogens is 420 g/mol. The Hall–Kier alpha value is -2.91. The van der Waals surface area contributed by atoms with Gasteiger partial charge in [-0.3, -0.25) is 0 Å². The van der Waals surface area contributed by atoms with Crippen molar-refractivity contribution in [3.63, 3.8) is 0 Å². The summed E-state index contributed by atoms with van der Waals surface area (Å²) in [5.41, 5.74) is 1.82. The van der Waals surface area contributed by atoms with Gasteiger partial charge in [0.15, 0.2) is 5.82 Å². The van der Waals surface area contributed by atoms with Gasteiger partial charge in [-0.15, -0.1) is 11.3 Å². The fourth-order valence-corrected chi connectivity index (χ4v) is 4.85. The molecule has 7 nitrogen and oxygen atoms in total. The van der Waals surface area contributed by atoms with Crippen molar-refractivity contribution in [3.8, 4) is 10.7 Å². The lowest BCUT2D eigenvalue weighted by molar-refractivity contribution is -0.138. The number of benzene rings is 1. The molecule has 3 aromatic rings. The Kier molecular flexibility index (Phi) is 6.01. The number of nitrogens with zero attached hydrogens (tertiary/aromatic N) is 2. The summed E-state index contributed by atoms with van der Waals surface area (Å²) in [6.07, 6.45) is 0. The van der Waals surface area contributed by atoms with Crippen molar-refractivity contribution < 1.29 is 14.3 Å². The number of thioether (sulfide) groups is 1. The summed E-state index contributed by atoms with van der Waals surface area (Å²) in [6, 6.07) is 11.0. The summed E-state index contributed by atoms with van der Waals surface area (Å²) in [5, 5.41) is 9.18. The lowest BCUT2D eigenvalue weighted by Crippen LogP contribution is -2.49. The second-order valence-corrected chi connectivity index (χ2v) is 8.48. The van der Waals surface area contributed by atoms with Crippen molar-refractivity contribution in [2.75, 3.05) is 12.4 Å². The third kappa shape index (κ3) is 4.17. The zero-order valence-corrected chi connectivity index (χ0v) is 18.1. The zero-order valence-electron chi connectivity index (χ0n) is 16.5. The number of hydrogen-bond donors (Lipinski definition) is 2. The maximum Gasteiger partial charge on any atom is 0.337 e. The molecule has 154 valence electrons. The molecule has 0 aliphatic carbocycles. The number of para-hydroxylation sites is 1. The van der Waals surface area contributed by atoms with Gasteiger partial charge in [-0.1, -0.05) is 36.0 Å². The van der Waals surface area contributed by atoms with Gasteiger partial charge < -0.3 is 15.4 Å². The summed E-state index contributed by atoms with van der Waals surface area (Å²) < 4.78 is 5.19. The Morgan fingerprint density at radius 3 is 2.83 bits per heavy atom. The van der Waals surface area contributed by atoms with Crippen LogP contribution in [0.1, 0.15) is 13.8 Å². The van der Waals surface area contributed by atoms with Gasteiger partial charge in [-0.05, 0) is 31.4 Å². The summed E-state index contributed by atoms with van der Waals surface area (Å²) in [6.45, 7) is 3.79. The summed E-state index contributed by atoms with van der Waals surface area (Å²) >= 11 is 3.04. The van der Waals surface area contributed by atoms with Crippen molar-refractivity contribution in [1.82, 2.24) is 20.6 Å². The van der Waals surface area contributed by atoms with Gasteiger partial charge in [0.1, 0.15) is 5.03 Å². The van der Waals surface area contributed by atoms with E-state index in [-0.39, 0.29) is 12.6 Å². The molecule has 4 rings (SSSR count). The number of thiophene rings is 1. The minimum atomic E-state index is -0.433. The second-order valence-electron chi connectivity index (χ2n) is 6.57. The van der Waals surface area contributed by atoms with Gasteiger partial charge in [0, 0.05) is 16.8 Å². The minimum Gasteiger partial charge on any atom is -0.463 e. The topological polar surface area (TPSA) is 93.2 Å². The first kappa shape index (κ1) is 20.4. The second kappa shape index (κ2) is 8.85. The van der Waals surface area contributed by atoms with Crippen LogP contribution in [-0.4, -0.2) is 40.4 Å². The van der Waals surface area contributed by atoms with Crippen LogP contribution in [0.2, 0.25) is 0 Å². The predicted molar refractivity (Wildman–Crippen MR) is 118 cm³/mol. The van der Waals surface area contributed by atoms with Gasteiger partial charge in [0.2, 0.25) is 0 Å². The van der Waals surface area contributed by atoms with Crippen molar-refractivity contribution in [1.29, 1.82) is 0 Å². The van der Waals surface area contributed by atoms with E-state index in [1.165, 1.54) is 11.8 Å². The number of ether oxygens (including phenoxy) is 1. The number of fused-ring (bicyclic) bond motifs is 1. The van der Waals surface area contributed by atoms with E-state index in [0.717, 1.165) is 20.8 Å². The van der Waals surface area contributed by atoms with Gasteiger partial charge in [-0.25, -0.2) is 19.6 Å². The highest BCUT2D eigenvalue weighted by Gasteiger charge is 2.29. The molecule has 0 unspecified atom stereocenters. The predicted octanol–water partition coefficient (Wildman–Crippen LogP) is 3.97. The highest BCUT2D eigenvalue weighted by Crippen LogP contribution is 2.31. The van der Waals surface area contributed by atoms with E-state index in [4.69, 9.17) is 9.72 Å². The molecule has 1 aromatic carbocycles. The molecule has 2 amide bonds.